The van der Waals surface area contributed by atoms with Gasteiger partial charge in [-0.3, -0.25) is 4.79 Å². The van der Waals surface area contributed by atoms with Crippen molar-refractivity contribution in [2.24, 2.45) is 0 Å². The van der Waals surface area contributed by atoms with Gasteiger partial charge in [0.2, 0.25) is 0 Å². The van der Waals surface area contributed by atoms with Crippen molar-refractivity contribution in [3.63, 3.8) is 0 Å². The van der Waals surface area contributed by atoms with Gasteiger partial charge in [0.1, 0.15) is 24.5 Å². The van der Waals surface area contributed by atoms with Gasteiger partial charge in [-0.2, -0.15) is 13.2 Å². The van der Waals surface area contributed by atoms with E-state index >= 15 is 0 Å². The molecule has 4 rings (SSSR count). The highest BCUT2D eigenvalue weighted by Crippen LogP contribution is 2.35. The lowest BCUT2D eigenvalue weighted by Gasteiger charge is -2.15. The minimum Gasteiger partial charge on any atom is -0.492 e. The van der Waals surface area contributed by atoms with Gasteiger partial charge >= 0.3 is 6.18 Å². The third kappa shape index (κ3) is 6.53. The molecule has 0 unspecified atom stereocenters. The highest BCUT2D eigenvalue weighted by Gasteiger charge is 2.31. The van der Waals surface area contributed by atoms with Gasteiger partial charge in [0.15, 0.2) is 0 Å². The molecular weight excluding hydrogens is 507 g/mol. The number of alkyl halides is 4. The molecule has 2 aromatic carbocycles. The summed E-state index contributed by atoms with van der Waals surface area (Å²) in [5, 5.41) is 5.75. The zero-order valence-electron chi connectivity index (χ0n) is 19.5. The number of aromatic nitrogens is 3. The van der Waals surface area contributed by atoms with Gasteiger partial charge in [-0.15, -0.1) is 11.6 Å². The van der Waals surface area contributed by atoms with E-state index in [-0.39, 0.29) is 29.5 Å². The van der Waals surface area contributed by atoms with Crippen LogP contribution >= 0.6 is 11.6 Å². The zero-order chi connectivity index (χ0) is 26.4. The normalized spacial score (nSPS) is 11.2. The number of benzene rings is 2. The molecule has 190 valence electrons. The predicted octanol–water partition coefficient (Wildman–Crippen LogP) is 6.48. The number of hydrogen-bond donors (Lipinski definition) is 2. The van der Waals surface area contributed by atoms with Crippen molar-refractivity contribution in [1.82, 2.24) is 15.0 Å². The molecule has 0 aliphatic carbocycles. The molecule has 0 spiro atoms. The summed E-state index contributed by atoms with van der Waals surface area (Å²) in [7, 11) is 0. The summed E-state index contributed by atoms with van der Waals surface area (Å²) in [4.78, 5) is 25.6. The Kier molecular flexibility index (Phi) is 7.88. The lowest BCUT2D eigenvalue weighted by molar-refractivity contribution is -0.137. The second-order valence-electron chi connectivity index (χ2n) is 7.88. The lowest BCUT2D eigenvalue weighted by atomic mass is 10.1. The van der Waals surface area contributed by atoms with Crippen molar-refractivity contribution >= 4 is 34.7 Å². The Hall–Kier alpha value is -4.18. The molecular formula is C26H21ClF3N5O2. The van der Waals surface area contributed by atoms with E-state index in [1.54, 1.807) is 42.7 Å². The number of rotatable bonds is 8. The molecule has 37 heavy (non-hydrogen) atoms. The first-order valence-electron chi connectivity index (χ1n) is 11.1. The van der Waals surface area contributed by atoms with Crippen LogP contribution in [0.15, 0.2) is 73.3 Å². The molecule has 0 saturated carbocycles. The van der Waals surface area contributed by atoms with E-state index in [9.17, 15) is 18.0 Å². The second kappa shape index (κ2) is 11.3. The van der Waals surface area contributed by atoms with E-state index in [1.165, 1.54) is 12.4 Å². The van der Waals surface area contributed by atoms with Gasteiger partial charge in [0.05, 0.1) is 17.1 Å². The van der Waals surface area contributed by atoms with E-state index in [1.807, 2.05) is 13.0 Å². The number of hydrogen-bond acceptors (Lipinski definition) is 6. The molecule has 0 aliphatic heterocycles. The number of pyridine rings is 1. The number of nitrogens with zero attached hydrogens (tertiary/aromatic N) is 3. The molecule has 2 heterocycles. The Morgan fingerprint density at radius 1 is 1.05 bits per heavy atom. The largest absolute Gasteiger partial charge is 0.492 e. The zero-order valence-corrected chi connectivity index (χ0v) is 20.3. The van der Waals surface area contributed by atoms with Crippen LogP contribution in [0, 0.1) is 6.92 Å². The number of carbonyl (C=O) groups excluding carboxylic acids is 1. The van der Waals surface area contributed by atoms with Crippen LogP contribution in [0.3, 0.4) is 0 Å². The van der Waals surface area contributed by atoms with Crippen LogP contribution in [-0.4, -0.2) is 33.3 Å². The molecule has 1 amide bonds. The van der Waals surface area contributed by atoms with Gasteiger partial charge in [-0.25, -0.2) is 15.0 Å². The molecule has 4 aromatic rings. The van der Waals surface area contributed by atoms with Gasteiger partial charge < -0.3 is 15.4 Å². The SMILES string of the molecule is Cc1ccc(C(=O)Nc2cc(OCCCl)cc(C(F)(F)F)c2)cc1Nc1ncccc1-c1ccncn1. The first kappa shape index (κ1) is 25.9. The van der Waals surface area contributed by atoms with E-state index in [2.05, 4.69) is 25.6 Å². The van der Waals surface area contributed by atoms with Crippen molar-refractivity contribution < 1.29 is 22.7 Å². The summed E-state index contributed by atoms with van der Waals surface area (Å²) in [5.74, 6) is -0.0280. The van der Waals surface area contributed by atoms with Crippen molar-refractivity contribution in [1.29, 1.82) is 0 Å². The molecule has 0 saturated heterocycles. The summed E-state index contributed by atoms with van der Waals surface area (Å²) in [5.41, 5.74) is 2.03. The molecule has 0 atom stereocenters. The summed E-state index contributed by atoms with van der Waals surface area (Å²) in [6, 6.07) is 13.3. The second-order valence-corrected chi connectivity index (χ2v) is 8.26. The summed E-state index contributed by atoms with van der Waals surface area (Å²) >= 11 is 5.58. The number of nitrogens with one attached hydrogen (secondary N) is 2. The first-order valence-corrected chi connectivity index (χ1v) is 11.6. The third-order valence-corrected chi connectivity index (χ3v) is 5.41. The van der Waals surface area contributed by atoms with Gasteiger partial charge in [-0.1, -0.05) is 6.07 Å². The smallest absolute Gasteiger partial charge is 0.416 e. The Balaban J connectivity index is 1.60. The Morgan fingerprint density at radius 2 is 1.89 bits per heavy atom. The average Bonchev–Trinajstić information content (AvgIpc) is 2.89. The van der Waals surface area contributed by atoms with Crippen molar-refractivity contribution in [2.45, 2.75) is 13.1 Å². The number of halogens is 4. The summed E-state index contributed by atoms with van der Waals surface area (Å²) in [6.45, 7) is 1.87. The van der Waals surface area contributed by atoms with Crippen LogP contribution in [0.4, 0.5) is 30.4 Å². The molecule has 0 radical (unpaired) electrons. The summed E-state index contributed by atoms with van der Waals surface area (Å²) in [6.07, 6.45) is 0.0543. The molecule has 2 N–H and O–H groups in total. The van der Waals surface area contributed by atoms with Crippen molar-refractivity contribution in [2.75, 3.05) is 23.1 Å². The maximum atomic E-state index is 13.4. The van der Waals surface area contributed by atoms with Gasteiger partial charge in [0.25, 0.3) is 5.91 Å². The number of ether oxygens (including phenoxy) is 1. The molecule has 7 nitrogen and oxygen atoms in total. The van der Waals surface area contributed by atoms with Crippen molar-refractivity contribution in [3.8, 4) is 17.0 Å². The van der Waals surface area contributed by atoms with E-state index in [0.717, 1.165) is 23.3 Å². The standard InChI is InChI=1S/C26H21ClF3N5O2/c1-16-4-5-17(11-23(16)35-24-21(3-2-8-32-24)22-6-9-31-15-33-22)25(36)34-19-12-18(26(28,29)30)13-20(14-19)37-10-7-27/h2-6,8-9,11-15H,7,10H2,1H3,(H,32,35)(H,34,36). The average molecular weight is 528 g/mol. The van der Waals surface area contributed by atoms with Gasteiger partial charge in [-0.05, 0) is 55.0 Å². The monoisotopic (exact) mass is 527 g/mol. The highest BCUT2D eigenvalue weighted by molar-refractivity contribution is 6.18. The maximum Gasteiger partial charge on any atom is 0.416 e. The fourth-order valence-electron chi connectivity index (χ4n) is 3.47. The molecule has 0 aliphatic rings. The number of carbonyl (C=O) groups is 1. The van der Waals surface area contributed by atoms with E-state index in [4.69, 9.17) is 16.3 Å². The number of amides is 1. The molecule has 0 bridgehead atoms. The van der Waals surface area contributed by atoms with E-state index < -0.39 is 17.6 Å². The fraction of sp³-hybridized carbons (Fsp3) is 0.154. The van der Waals surface area contributed by atoms with Crippen LogP contribution in [-0.2, 0) is 6.18 Å². The lowest BCUT2D eigenvalue weighted by Crippen LogP contribution is -2.14. The maximum absolute atomic E-state index is 13.4. The third-order valence-electron chi connectivity index (χ3n) is 5.26. The van der Waals surface area contributed by atoms with Crippen LogP contribution in [0.1, 0.15) is 21.5 Å². The van der Waals surface area contributed by atoms with Crippen LogP contribution in [0.2, 0.25) is 0 Å². The van der Waals surface area contributed by atoms with Crippen LogP contribution in [0.25, 0.3) is 11.3 Å². The summed E-state index contributed by atoms with van der Waals surface area (Å²) < 4.78 is 45.4. The molecule has 0 fully saturated rings. The highest BCUT2D eigenvalue weighted by atomic mass is 35.5. The minimum absolute atomic E-state index is 0.0216. The van der Waals surface area contributed by atoms with Crippen molar-refractivity contribution in [3.05, 3.63) is 90.0 Å². The van der Waals surface area contributed by atoms with Crippen LogP contribution < -0.4 is 15.4 Å². The predicted molar refractivity (Wildman–Crippen MR) is 135 cm³/mol. The van der Waals surface area contributed by atoms with Crippen LogP contribution in [0.5, 0.6) is 5.75 Å². The quantitative estimate of drug-likeness (QED) is 0.255. The first-order chi connectivity index (χ1) is 17.7. The number of aryl methyl sites for hydroxylation is 1. The van der Waals surface area contributed by atoms with E-state index in [0.29, 0.717) is 17.2 Å². The Morgan fingerprint density at radius 3 is 2.62 bits per heavy atom. The Labute approximate surface area is 215 Å². The minimum atomic E-state index is -4.62. The Bertz CT molecular complexity index is 1400. The van der Waals surface area contributed by atoms with Gasteiger partial charge in [0, 0.05) is 41.0 Å². The topological polar surface area (TPSA) is 89.0 Å². The number of anilines is 3. The fourth-order valence-corrected chi connectivity index (χ4v) is 3.54. The molecule has 11 heteroatoms. The molecule has 2 aromatic heterocycles.